The molecule has 0 radical (unpaired) electrons. The van der Waals surface area contributed by atoms with E-state index >= 15 is 0 Å². The zero-order valence-corrected chi connectivity index (χ0v) is 16.4. The van der Waals surface area contributed by atoms with Crippen LogP contribution in [0.15, 0.2) is 0 Å². The van der Waals surface area contributed by atoms with Crippen LogP contribution >= 0.6 is 0 Å². The molecular weight excluding hydrogens is 369 g/mol. The molecule has 1 saturated carbocycles. The molecule has 0 aromatic heterocycles. The molecule has 5 heteroatoms. The molecule has 0 unspecified atom stereocenters. The number of rotatable bonds is 6. The molecule has 1 aliphatic rings. The molecule has 19 heavy (non-hydrogen) atoms. The maximum absolute atomic E-state index is 11.6. The van der Waals surface area contributed by atoms with Gasteiger partial charge in [-0.05, 0) is 24.7 Å². The second-order valence-corrected chi connectivity index (χ2v) is 5.29. The van der Waals surface area contributed by atoms with Crippen molar-refractivity contribution in [3.8, 4) is 0 Å². The van der Waals surface area contributed by atoms with Crippen LogP contribution in [0.4, 0.5) is 0 Å². The zero-order chi connectivity index (χ0) is 13.8. The summed E-state index contributed by atoms with van der Waals surface area (Å²) in [5.74, 6) is -3.66. The molecule has 0 aliphatic heterocycles. The van der Waals surface area contributed by atoms with E-state index in [-0.39, 0.29) is 54.8 Å². The maximum Gasteiger partial charge on any atom is 2.00 e. The van der Waals surface area contributed by atoms with Gasteiger partial charge in [-0.2, -0.15) is 0 Å². The quantitative estimate of drug-likeness (QED) is 0.475. The van der Waals surface area contributed by atoms with Crippen LogP contribution in [0.5, 0.6) is 0 Å². The molecule has 0 N–H and O–H groups in total. The average molecular weight is 392 g/mol. The largest absolute Gasteiger partial charge is 2.00 e. The van der Waals surface area contributed by atoms with Crippen LogP contribution in [0.1, 0.15) is 58.8 Å². The molecule has 1 aliphatic carbocycles. The molecule has 1 fully saturated rings. The van der Waals surface area contributed by atoms with Crippen molar-refractivity contribution in [1.82, 2.24) is 0 Å². The summed E-state index contributed by atoms with van der Waals surface area (Å²) in [6, 6.07) is 0. The fraction of sp³-hybridized carbons (Fsp3) is 0.857. The van der Waals surface area contributed by atoms with Gasteiger partial charge < -0.3 is 19.8 Å². The first-order valence-electron chi connectivity index (χ1n) is 6.94. The van der Waals surface area contributed by atoms with Crippen molar-refractivity contribution in [2.24, 2.45) is 17.3 Å². The third-order valence-electron chi connectivity index (χ3n) is 4.55. The van der Waals surface area contributed by atoms with Gasteiger partial charge in [0.05, 0.1) is 17.4 Å². The van der Waals surface area contributed by atoms with E-state index in [4.69, 9.17) is 0 Å². The van der Waals surface area contributed by atoms with Crippen molar-refractivity contribution in [2.45, 2.75) is 58.8 Å². The smallest absolute Gasteiger partial charge is 0.549 e. The van der Waals surface area contributed by atoms with Gasteiger partial charge in [-0.1, -0.05) is 46.0 Å². The Hall–Kier alpha value is 0.511. The van der Waals surface area contributed by atoms with Crippen molar-refractivity contribution in [2.75, 3.05) is 0 Å². The van der Waals surface area contributed by atoms with E-state index in [0.29, 0.717) is 25.7 Å². The first-order valence-corrected chi connectivity index (χ1v) is 6.94. The van der Waals surface area contributed by atoms with Crippen molar-refractivity contribution in [3.63, 3.8) is 0 Å². The Labute approximate surface area is 155 Å². The van der Waals surface area contributed by atoms with E-state index in [2.05, 4.69) is 0 Å². The Balaban J connectivity index is 0.00000324. The summed E-state index contributed by atoms with van der Waals surface area (Å²) in [4.78, 5) is 23.2. The zero-order valence-electron chi connectivity index (χ0n) is 11.9. The van der Waals surface area contributed by atoms with Crippen LogP contribution in [0.3, 0.4) is 0 Å². The molecular formula is C14H22BaO4. The van der Waals surface area contributed by atoms with Gasteiger partial charge in [0.1, 0.15) is 0 Å². The predicted octanol–water partition coefficient (Wildman–Crippen LogP) is 0.108. The van der Waals surface area contributed by atoms with Gasteiger partial charge in [0, 0.05) is 0 Å². The molecule has 0 atom stereocenters. The summed E-state index contributed by atoms with van der Waals surface area (Å²) in [5, 5.41) is 23.2. The van der Waals surface area contributed by atoms with E-state index in [1.54, 1.807) is 0 Å². The fourth-order valence-electron chi connectivity index (χ4n) is 3.57. The number of aliphatic carboxylic acids is 2. The van der Waals surface area contributed by atoms with E-state index in [1.165, 1.54) is 0 Å². The number of carbonyl (C=O) groups is 2. The van der Waals surface area contributed by atoms with Crippen LogP contribution in [0, 0.1) is 17.3 Å². The SMILES string of the molecule is CCC(CC)C(C(=O)[O-])(C(=O)[O-])C1CCCCC1.[Ba+2]. The average Bonchev–Trinajstić information content (AvgIpc) is 2.35. The minimum absolute atomic E-state index is 0. The molecule has 0 bridgehead atoms. The van der Waals surface area contributed by atoms with Crippen molar-refractivity contribution >= 4 is 60.8 Å². The van der Waals surface area contributed by atoms with Gasteiger partial charge in [-0.3, -0.25) is 0 Å². The Morgan fingerprint density at radius 1 is 1.05 bits per heavy atom. The first-order chi connectivity index (χ1) is 8.51. The van der Waals surface area contributed by atoms with Gasteiger partial charge in [0.25, 0.3) is 0 Å². The van der Waals surface area contributed by atoms with Crippen LogP contribution in [0.2, 0.25) is 0 Å². The molecule has 0 aromatic carbocycles. The maximum atomic E-state index is 11.6. The van der Waals surface area contributed by atoms with Crippen molar-refractivity contribution in [3.05, 3.63) is 0 Å². The molecule has 104 valence electrons. The molecule has 0 saturated heterocycles. The standard InChI is InChI=1S/C14H24O4.Ba/c1-3-10(4-2)14(12(15)16,13(17)18)11-8-6-5-7-9-11;/h10-11H,3-9H2,1-2H3,(H,15,16)(H,17,18);/q;+2/p-2. The molecule has 0 spiro atoms. The number of hydrogen-bond donors (Lipinski definition) is 0. The van der Waals surface area contributed by atoms with Crippen LogP contribution in [-0.2, 0) is 9.59 Å². The first kappa shape index (κ1) is 19.5. The van der Waals surface area contributed by atoms with Crippen molar-refractivity contribution < 1.29 is 19.8 Å². The monoisotopic (exact) mass is 392 g/mol. The van der Waals surface area contributed by atoms with Crippen LogP contribution < -0.4 is 10.2 Å². The third-order valence-corrected chi connectivity index (χ3v) is 4.55. The summed E-state index contributed by atoms with van der Waals surface area (Å²) >= 11 is 0. The topological polar surface area (TPSA) is 80.3 Å². The van der Waals surface area contributed by atoms with E-state index in [0.717, 1.165) is 19.3 Å². The van der Waals surface area contributed by atoms with Gasteiger partial charge in [-0.25, -0.2) is 0 Å². The minimum atomic E-state index is -1.80. The Kier molecular flexibility index (Phi) is 8.96. The van der Waals surface area contributed by atoms with Crippen LogP contribution in [0.25, 0.3) is 0 Å². The fourth-order valence-corrected chi connectivity index (χ4v) is 3.57. The third kappa shape index (κ3) is 3.79. The number of carboxylic acids is 2. The second-order valence-electron chi connectivity index (χ2n) is 5.29. The molecule has 1 rings (SSSR count). The summed E-state index contributed by atoms with van der Waals surface area (Å²) in [6.07, 6.45) is 5.19. The van der Waals surface area contributed by atoms with Gasteiger partial charge in [0.2, 0.25) is 0 Å². The van der Waals surface area contributed by atoms with Gasteiger partial charge in [0.15, 0.2) is 0 Å². The predicted molar refractivity (Wildman–Crippen MR) is 68.8 cm³/mol. The number of carbonyl (C=O) groups excluding carboxylic acids is 2. The van der Waals surface area contributed by atoms with Gasteiger partial charge in [-0.15, -0.1) is 0 Å². The van der Waals surface area contributed by atoms with E-state index in [1.807, 2.05) is 13.8 Å². The second kappa shape index (κ2) is 8.72. The normalized spacial score (nSPS) is 17.0. The van der Waals surface area contributed by atoms with E-state index < -0.39 is 23.3 Å². The summed E-state index contributed by atoms with van der Waals surface area (Å²) < 4.78 is 0. The van der Waals surface area contributed by atoms with E-state index in [9.17, 15) is 19.8 Å². The van der Waals surface area contributed by atoms with Gasteiger partial charge >= 0.3 is 48.9 Å². The Morgan fingerprint density at radius 2 is 1.47 bits per heavy atom. The number of carboxylic acid groups (broad SMARTS) is 2. The van der Waals surface area contributed by atoms with Crippen molar-refractivity contribution in [1.29, 1.82) is 0 Å². The summed E-state index contributed by atoms with van der Waals surface area (Å²) in [5.41, 5.74) is -1.80. The molecule has 0 aromatic rings. The molecule has 4 nitrogen and oxygen atoms in total. The van der Waals surface area contributed by atoms with Crippen LogP contribution in [-0.4, -0.2) is 60.8 Å². The summed E-state index contributed by atoms with van der Waals surface area (Å²) in [7, 11) is 0. The minimum Gasteiger partial charge on any atom is -0.549 e. The number of hydrogen-bond acceptors (Lipinski definition) is 4. The Bertz CT molecular complexity index is 293. The Morgan fingerprint density at radius 3 is 1.79 bits per heavy atom. The summed E-state index contributed by atoms with van der Waals surface area (Å²) in [6.45, 7) is 3.66. The molecule has 0 heterocycles. The molecule has 0 amide bonds.